The molecule has 1 aromatic carbocycles. The first-order valence-corrected chi connectivity index (χ1v) is 10.8. The monoisotopic (exact) mass is 440 g/mol. The maximum Gasteiger partial charge on any atom is 0.326 e. The van der Waals surface area contributed by atoms with E-state index in [-0.39, 0.29) is 17.5 Å². The van der Waals surface area contributed by atoms with E-state index in [1.54, 1.807) is 24.5 Å². The number of imidazole rings is 1. The molecule has 1 N–H and O–H groups in total. The number of carboxylic acid groups (broad SMARTS) is 1. The lowest BCUT2D eigenvalue weighted by atomic mass is 10.1. The highest BCUT2D eigenvalue weighted by Crippen LogP contribution is 2.35. The third-order valence-corrected chi connectivity index (χ3v) is 6.32. The Balaban J connectivity index is 1.63. The van der Waals surface area contributed by atoms with Crippen LogP contribution in [0.15, 0.2) is 53.9 Å². The molecule has 0 saturated carbocycles. The van der Waals surface area contributed by atoms with E-state index in [9.17, 15) is 19.1 Å². The highest BCUT2D eigenvalue weighted by Gasteiger charge is 2.34. The number of carbonyl (C=O) groups excluding carboxylic acids is 1. The molecule has 1 atom stereocenters. The number of carboxylic acids is 1. The van der Waals surface area contributed by atoms with E-state index >= 15 is 0 Å². The lowest BCUT2D eigenvalue weighted by Crippen LogP contribution is -2.41. The maximum atomic E-state index is 13.4. The largest absolute Gasteiger partial charge is 0.480 e. The average molecular weight is 441 g/mol. The minimum atomic E-state index is -0.966. The van der Waals surface area contributed by atoms with Crippen LogP contribution < -0.4 is 0 Å². The molecule has 7 nitrogen and oxygen atoms in total. The summed E-state index contributed by atoms with van der Waals surface area (Å²) >= 11 is 1.26. The number of aliphatic carboxylic acids is 1. The topological polar surface area (TPSA) is 88.3 Å². The fourth-order valence-electron chi connectivity index (χ4n) is 3.79. The van der Waals surface area contributed by atoms with Gasteiger partial charge in [0.05, 0.1) is 17.1 Å². The quantitative estimate of drug-likeness (QED) is 0.591. The molecule has 31 heavy (non-hydrogen) atoms. The first-order chi connectivity index (χ1) is 15.0. The molecule has 3 heterocycles. The van der Waals surface area contributed by atoms with Crippen molar-refractivity contribution in [3.8, 4) is 22.5 Å². The van der Waals surface area contributed by atoms with Crippen molar-refractivity contribution in [3.63, 3.8) is 0 Å². The van der Waals surface area contributed by atoms with E-state index in [2.05, 4.69) is 4.98 Å². The number of thioether (sulfide) groups is 1. The number of halogens is 1. The number of carbonyl (C=O) groups is 2. The number of hydrogen-bond acceptors (Lipinski definition) is 5. The van der Waals surface area contributed by atoms with Gasteiger partial charge in [0, 0.05) is 37.1 Å². The van der Waals surface area contributed by atoms with Crippen LogP contribution in [-0.4, -0.2) is 54.8 Å². The van der Waals surface area contributed by atoms with Gasteiger partial charge in [-0.2, -0.15) is 0 Å². The number of amides is 1. The van der Waals surface area contributed by atoms with Crippen LogP contribution in [0.5, 0.6) is 0 Å². The fourth-order valence-corrected chi connectivity index (χ4v) is 4.65. The fraction of sp³-hybridized carbons (Fsp3) is 0.273. The number of nitrogens with zero attached hydrogens (tertiary/aromatic N) is 4. The van der Waals surface area contributed by atoms with Gasteiger partial charge in [0.25, 0.3) is 0 Å². The second kappa shape index (κ2) is 8.89. The molecular weight excluding hydrogens is 419 g/mol. The Morgan fingerprint density at radius 3 is 2.55 bits per heavy atom. The van der Waals surface area contributed by atoms with Crippen LogP contribution in [0, 0.1) is 5.82 Å². The van der Waals surface area contributed by atoms with Crippen LogP contribution in [0.2, 0.25) is 0 Å². The zero-order valence-corrected chi connectivity index (χ0v) is 17.7. The Kier molecular flexibility index (Phi) is 6.03. The van der Waals surface area contributed by atoms with Crippen LogP contribution in [0.25, 0.3) is 22.5 Å². The molecule has 0 bridgehead atoms. The Labute approximate surface area is 182 Å². The van der Waals surface area contributed by atoms with Crippen molar-refractivity contribution in [3.05, 3.63) is 54.6 Å². The predicted octanol–water partition coefficient (Wildman–Crippen LogP) is 3.46. The normalized spacial score (nSPS) is 15.9. The van der Waals surface area contributed by atoms with E-state index in [0.29, 0.717) is 30.2 Å². The number of hydrogen-bond donors (Lipinski definition) is 1. The van der Waals surface area contributed by atoms with Crippen LogP contribution >= 0.6 is 11.8 Å². The Morgan fingerprint density at radius 2 is 1.87 bits per heavy atom. The summed E-state index contributed by atoms with van der Waals surface area (Å²) in [4.78, 5) is 34.3. The SMILES string of the molecule is Cn1c(SCC(=O)N2CCCC2C(=O)O)nc(-c2ccc(F)cc2)c1-c1ccncc1. The first kappa shape index (κ1) is 21.0. The van der Waals surface area contributed by atoms with Gasteiger partial charge >= 0.3 is 5.97 Å². The molecule has 1 unspecified atom stereocenters. The minimum Gasteiger partial charge on any atom is -0.480 e. The van der Waals surface area contributed by atoms with Crippen molar-refractivity contribution in [1.29, 1.82) is 0 Å². The molecule has 2 aromatic heterocycles. The first-order valence-electron chi connectivity index (χ1n) is 9.84. The summed E-state index contributed by atoms with van der Waals surface area (Å²) in [6.07, 6.45) is 4.55. The second-order valence-electron chi connectivity index (χ2n) is 7.27. The van der Waals surface area contributed by atoms with Crippen LogP contribution in [0.4, 0.5) is 4.39 Å². The van der Waals surface area contributed by atoms with E-state index in [1.807, 2.05) is 23.7 Å². The molecule has 1 fully saturated rings. The molecule has 0 radical (unpaired) electrons. The molecule has 1 saturated heterocycles. The Morgan fingerprint density at radius 1 is 1.16 bits per heavy atom. The van der Waals surface area contributed by atoms with E-state index in [1.165, 1.54) is 28.8 Å². The summed E-state index contributed by atoms with van der Waals surface area (Å²) in [5, 5.41) is 9.94. The van der Waals surface area contributed by atoms with Gasteiger partial charge in [0.15, 0.2) is 5.16 Å². The lowest BCUT2D eigenvalue weighted by Gasteiger charge is -2.21. The number of likely N-dealkylation sites (tertiary alicyclic amines) is 1. The molecule has 1 aliphatic heterocycles. The van der Waals surface area contributed by atoms with Crippen molar-refractivity contribution in [1.82, 2.24) is 19.4 Å². The zero-order valence-electron chi connectivity index (χ0n) is 16.9. The summed E-state index contributed by atoms with van der Waals surface area (Å²) in [6, 6.07) is 9.09. The van der Waals surface area contributed by atoms with Gasteiger partial charge in [-0.1, -0.05) is 11.8 Å². The number of rotatable bonds is 6. The lowest BCUT2D eigenvalue weighted by molar-refractivity contribution is -0.147. The van der Waals surface area contributed by atoms with Crippen molar-refractivity contribution < 1.29 is 19.1 Å². The van der Waals surface area contributed by atoms with Crippen LogP contribution in [-0.2, 0) is 16.6 Å². The Hall–Kier alpha value is -3.20. The maximum absolute atomic E-state index is 13.4. The smallest absolute Gasteiger partial charge is 0.326 e. The van der Waals surface area contributed by atoms with Crippen molar-refractivity contribution in [2.75, 3.05) is 12.3 Å². The van der Waals surface area contributed by atoms with E-state index in [0.717, 1.165) is 16.8 Å². The van der Waals surface area contributed by atoms with Gasteiger partial charge in [-0.3, -0.25) is 9.78 Å². The Bertz CT molecular complexity index is 1100. The molecule has 4 rings (SSSR count). The summed E-state index contributed by atoms with van der Waals surface area (Å²) in [5.74, 6) is -1.42. The van der Waals surface area contributed by atoms with Gasteiger partial charge in [-0.25, -0.2) is 14.2 Å². The molecule has 1 aliphatic rings. The summed E-state index contributed by atoms with van der Waals surface area (Å²) in [5.41, 5.74) is 3.15. The molecule has 0 spiro atoms. The molecule has 160 valence electrons. The number of aromatic nitrogens is 3. The van der Waals surface area contributed by atoms with Gasteiger partial charge in [-0.05, 0) is 49.2 Å². The standard InChI is InChI=1S/C22H21FN4O3S/c1-26-20(15-8-10-24-11-9-15)19(14-4-6-16(23)7-5-14)25-22(26)31-13-18(28)27-12-2-3-17(27)21(29)30/h4-11,17H,2-3,12-13H2,1H3,(H,29,30). The number of pyridine rings is 1. The van der Waals surface area contributed by atoms with E-state index in [4.69, 9.17) is 4.98 Å². The zero-order chi connectivity index (χ0) is 22.0. The predicted molar refractivity (Wildman–Crippen MR) is 115 cm³/mol. The second-order valence-corrected chi connectivity index (χ2v) is 8.21. The van der Waals surface area contributed by atoms with Crippen molar-refractivity contribution in [2.24, 2.45) is 7.05 Å². The molecule has 1 amide bonds. The van der Waals surface area contributed by atoms with Gasteiger partial charge in [-0.15, -0.1) is 0 Å². The van der Waals surface area contributed by atoms with Crippen LogP contribution in [0.1, 0.15) is 12.8 Å². The molecule has 9 heteroatoms. The third kappa shape index (κ3) is 4.32. The summed E-state index contributed by atoms with van der Waals surface area (Å²) < 4.78 is 15.3. The van der Waals surface area contributed by atoms with Crippen molar-refractivity contribution in [2.45, 2.75) is 24.0 Å². The van der Waals surface area contributed by atoms with Gasteiger partial charge in [0.1, 0.15) is 11.9 Å². The molecule has 0 aliphatic carbocycles. The molecule has 3 aromatic rings. The average Bonchev–Trinajstić information content (AvgIpc) is 3.38. The third-order valence-electron chi connectivity index (χ3n) is 5.31. The minimum absolute atomic E-state index is 0.0906. The van der Waals surface area contributed by atoms with Gasteiger partial charge < -0.3 is 14.6 Å². The van der Waals surface area contributed by atoms with Crippen molar-refractivity contribution >= 4 is 23.6 Å². The van der Waals surface area contributed by atoms with Gasteiger partial charge in [0.2, 0.25) is 5.91 Å². The highest BCUT2D eigenvalue weighted by atomic mass is 32.2. The van der Waals surface area contributed by atoms with E-state index < -0.39 is 12.0 Å². The summed E-state index contributed by atoms with van der Waals surface area (Å²) in [7, 11) is 1.86. The summed E-state index contributed by atoms with van der Waals surface area (Å²) in [6.45, 7) is 0.458. The molecular formula is C22H21FN4O3S. The number of benzene rings is 1. The van der Waals surface area contributed by atoms with Crippen LogP contribution in [0.3, 0.4) is 0 Å². The highest BCUT2D eigenvalue weighted by molar-refractivity contribution is 7.99.